The van der Waals surface area contributed by atoms with Crippen LogP contribution in [0, 0.1) is 0 Å². The number of amides is 2. The summed E-state index contributed by atoms with van der Waals surface area (Å²) < 4.78 is 17.9. The fourth-order valence-corrected chi connectivity index (χ4v) is 6.50. The second-order valence-electron chi connectivity index (χ2n) is 8.89. The van der Waals surface area contributed by atoms with E-state index in [9.17, 15) is 14.4 Å². The number of ether oxygens (including phenoxy) is 3. The number of thioether (sulfide) groups is 2. The minimum absolute atomic E-state index is 0.113. The lowest BCUT2D eigenvalue weighted by molar-refractivity contribution is -0.147. The van der Waals surface area contributed by atoms with Gasteiger partial charge in [0.25, 0.3) is 11.8 Å². The Hall–Kier alpha value is -2.33. The molecule has 1 fully saturated rings. The van der Waals surface area contributed by atoms with Crippen LogP contribution in [-0.2, 0) is 14.4 Å². The van der Waals surface area contributed by atoms with Crippen LogP contribution in [0.25, 0.3) is 0 Å². The number of hydrogen-bond acceptors (Lipinski definition) is 8. The molecule has 3 rings (SSSR count). The Labute approximate surface area is 222 Å². The molecule has 0 bridgehead atoms. The van der Waals surface area contributed by atoms with Crippen molar-refractivity contribution < 1.29 is 28.6 Å². The van der Waals surface area contributed by atoms with Crippen LogP contribution >= 0.6 is 23.5 Å². The minimum atomic E-state index is -0.369. The van der Waals surface area contributed by atoms with Gasteiger partial charge in [-0.1, -0.05) is 57.1 Å². The molecule has 0 atom stereocenters. The lowest BCUT2D eigenvalue weighted by atomic mass is 10.2. The van der Waals surface area contributed by atoms with Crippen LogP contribution in [0.15, 0.2) is 25.7 Å². The predicted octanol–water partition coefficient (Wildman–Crippen LogP) is 5.78. The number of carbonyl (C=O) groups is 3. The van der Waals surface area contributed by atoms with Crippen molar-refractivity contribution >= 4 is 41.3 Å². The van der Waals surface area contributed by atoms with Gasteiger partial charge in [0.1, 0.15) is 11.3 Å². The largest absolute Gasteiger partial charge is 0.493 e. The number of fused-ring (bicyclic) bond motifs is 1. The highest BCUT2D eigenvalue weighted by molar-refractivity contribution is 8.25. The van der Waals surface area contributed by atoms with Gasteiger partial charge in [-0.05, 0) is 33.1 Å². The number of hydrogen-bond donors (Lipinski definition) is 0. The van der Waals surface area contributed by atoms with Crippen LogP contribution < -0.4 is 14.2 Å². The van der Waals surface area contributed by atoms with Crippen molar-refractivity contribution in [1.82, 2.24) is 10.0 Å². The third-order valence-electron chi connectivity index (χ3n) is 5.60. The van der Waals surface area contributed by atoms with Gasteiger partial charge in [-0.25, -0.2) is 10.0 Å². The number of esters is 1. The summed E-state index contributed by atoms with van der Waals surface area (Å²) in [7, 11) is 1.51. The normalized spacial score (nSPS) is 15.3. The van der Waals surface area contributed by atoms with Gasteiger partial charge in [-0.15, -0.1) is 0 Å². The summed E-state index contributed by atoms with van der Waals surface area (Å²) in [4.78, 5) is 40.8. The molecule has 36 heavy (non-hydrogen) atoms. The first-order chi connectivity index (χ1) is 17.3. The molecule has 2 amide bonds. The van der Waals surface area contributed by atoms with Crippen molar-refractivity contribution in [3.63, 3.8) is 0 Å². The molecule has 1 aromatic rings. The van der Waals surface area contributed by atoms with E-state index in [-0.39, 0.29) is 35.9 Å². The topological polar surface area (TPSA) is 85.4 Å². The van der Waals surface area contributed by atoms with E-state index in [1.165, 1.54) is 30.6 Å². The van der Waals surface area contributed by atoms with Crippen LogP contribution in [0.3, 0.4) is 0 Å². The van der Waals surface area contributed by atoms with Crippen LogP contribution in [0.4, 0.5) is 0 Å². The van der Waals surface area contributed by atoms with Gasteiger partial charge in [0.15, 0.2) is 11.5 Å². The van der Waals surface area contributed by atoms with Gasteiger partial charge >= 0.3 is 5.97 Å². The molecule has 0 saturated carbocycles. The second-order valence-corrected chi connectivity index (χ2v) is 11.2. The average molecular weight is 537 g/mol. The number of rotatable bonds is 12. The highest BCUT2D eigenvalue weighted by Crippen LogP contribution is 2.62. The van der Waals surface area contributed by atoms with Gasteiger partial charge in [-0.2, -0.15) is 0 Å². The smallest absolute Gasteiger partial charge is 0.311 e. The van der Waals surface area contributed by atoms with Crippen LogP contribution in [0.2, 0.25) is 0 Å². The first-order valence-electron chi connectivity index (χ1n) is 12.6. The van der Waals surface area contributed by atoms with Crippen molar-refractivity contribution in [3.8, 4) is 17.2 Å². The molecule has 8 nitrogen and oxygen atoms in total. The maximum Gasteiger partial charge on any atom is 0.311 e. The molecule has 2 aliphatic heterocycles. The lowest BCUT2D eigenvalue weighted by Crippen LogP contribution is -2.42. The lowest BCUT2D eigenvalue weighted by Gasteiger charge is -2.27. The maximum atomic E-state index is 13.5. The number of benzene rings is 1. The Balaban J connectivity index is 2.08. The number of carbonyl (C=O) groups excluding carboxylic acids is 3. The molecule has 1 aromatic carbocycles. The minimum Gasteiger partial charge on any atom is -0.493 e. The van der Waals surface area contributed by atoms with E-state index in [2.05, 4.69) is 13.8 Å². The molecule has 198 valence electrons. The summed E-state index contributed by atoms with van der Waals surface area (Å²) in [5.41, 5.74) is 0.161. The Morgan fingerprint density at radius 3 is 2.00 bits per heavy atom. The predicted molar refractivity (Wildman–Crippen MR) is 141 cm³/mol. The molecular formula is C26H36N2O6S2. The quantitative estimate of drug-likeness (QED) is 0.144. The van der Waals surface area contributed by atoms with Gasteiger partial charge in [-0.3, -0.25) is 14.4 Å². The molecule has 0 N–H and O–H groups in total. The highest BCUT2D eigenvalue weighted by atomic mass is 32.2. The first-order valence-corrected chi connectivity index (χ1v) is 14.3. The zero-order valence-electron chi connectivity index (χ0n) is 22.0. The van der Waals surface area contributed by atoms with Gasteiger partial charge in [0.05, 0.1) is 27.2 Å². The fraction of sp³-hybridized carbons (Fsp3) is 0.577. The Bertz CT molecular complexity index is 1010. The SMILES string of the molecule is CCCCN1C(=O)C(=C2Sc3c(OC(C)C)cc(OC)c(OC(=O)CCC)c3S2)C(=O)N1CCCC. The number of hydrazine groups is 1. The molecule has 0 aromatic heterocycles. The maximum absolute atomic E-state index is 13.5. The van der Waals surface area contributed by atoms with Crippen molar-refractivity contribution in [2.45, 2.75) is 89.0 Å². The van der Waals surface area contributed by atoms with Crippen molar-refractivity contribution in [1.29, 1.82) is 0 Å². The van der Waals surface area contributed by atoms with E-state index in [1.54, 1.807) is 16.1 Å². The molecule has 10 heteroatoms. The van der Waals surface area contributed by atoms with Crippen molar-refractivity contribution in [2.24, 2.45) is 0 Å². The molecular weight excluding hydrogens is 500 g/mol. The zero-order chi connectivity index (χ0) is 26.4. The molecule has 2 heterocycles. The van der Waals surface area contributed by atoms with Crippen LogP contribution in [0.1, 0.15) is 73.1 Å². The van der Waals surface area contributed by atoms with E-state index < -0.39 is 0 Å². The van der Waals surface area contributed by atoms with E-state index in [1.807, 2.05) is 20.8 Å². The molecule has 0 spiro atoms. The van der Waals surface area contributed by atoms with E-state index in [4.69, 9.17) is 14.2 Å². The van der Waals surface area contributed by atoms with Gasteiger partial charge in [0.2, 0.25) is 0 Å². The van der Waals surface area contributed by atoms with Gasteiger partial charge in [0, 0.05) is 25.6 Å². The molecule has 0 radical (unpaired) electrons. The summed E-state index contributed by atoms with van der Waals surface area (Å²) in [5, 5.41) is 3.17. The summed E-state index contributed by atoms with van der Waals surface area (Å²) in [6, 6.07) is 1.70. The van der Waals surface area contributed by atoms with Crippen LogP contribution in [0.5, 0.6) is 17.2 Å². The van der Waals surface area contributed by atoms with Crippen molar-refractivity contribution in [3.05, 3.63) is 15.9 Å². The van der Waals surface area contributed by atoms with E-state index >= 15 is 0 Å². The first kappa shape index (κ1) is 28.2. The Kier molecular flexibility index (Phi) is 10.0. The number of unbranched alkanes of at least 4 members (excludes halogenated alkanes) is 2. The molecule has 2 aliphatic rings. The summed E-state index contributed by atoms with van der Waals surface area (Å²) in [6.45, 7) is 10.9. The van der Waals surface area contributed by atoms with E-state index in [0.29, 0.717) is 50.8 Å². The van der Waals surface area contributed by atoms with Crippen molar-refractivity contribution in [2.75, 3.05) is 20.2 Å². The molecule has 1 saturated heterocycles. The third-order valence-corrected chi connectivity index (χ3v) is 8.21. The van der Waals surface area contributed by atoms with Crippen LogP contribution in [-0.4, -0.2) is 54.1 Å². The van der Waals surface area contributed by atoms with Gasteiger partial charge < -0.3 is 14.2 Å². The highest BCUT2D eigenvalue weighted by Gasteiger charge is 2.45. The molecule has 0 aliphatic carbocycles. The summed E-state index contributed by atoms with van der Waals surface area (Å²) in [5.74, 6) is 0.283. The Morgan fingerprint density at radius 2 is 1.50 bits per heavy atom. The average Bonchev–Trinajstić information content (AvgIpc) is 3.36. The fourth-order valence-electron chi connectivity index (χ4n) is 3.84. The Morgan fingerprint density at radius 1 is 0.917 bits per heavy atom. The monoisotopic (exact) mass is 536 g/mol. The third kappa shape index (κ3) is 5.96. The second kappa shape index (κ2) is 12.8. The molecule has 0 unspecified atom stereocenters. The number of methoxy groups -OCH3 is 1. The van der Waals surface area contributed by atoms with E-state index in [0.717, 1.165) is 25.7 Å². The standard InChI is InChI=1S/C26H36N2O6S2/c1-7-10-13-27-24(30)20(25(31)28(27)14-11-8-2)26-35-22-18(33-16(4)5)15-17(32-6)21(23(22)36-26)34-19(29)12-9-3/h15-16H,7-14H2,1-6H3. The number of nitrogens with zero attached hydrogens (tertiary/aromatic N) is 2. The zero-order valence-corrected chi connectivity index (χ0v) is 23.6. The summed E-state index contributed by atoms with van der Waals surface area (Å²) >= 11 is 2.57. The summed E-state index contributed by atoms with van der Waals surface area (Å²) in [6.07, 6.45) is 4.27.